The van der Waals surface area contributed by atoms with Crippen LogP contribution >= 0.6 is 11.6 Å². The predicted octanol–water partition coefficient (Wildman–Crippen LogP) is 3.13. The van der Waals surface area contributed by atoms with E-state index in [1.807, 2.05) is 49.4 Å². The molecule has 166 valence electrons. The number of nitrogens with zero attached hydrogens (tertiary/aromatic N) is 2. The highest BCUT2D eigenvalue weighted by molar-refractivity contribution is 7.91. The lowest BCUT2D eigenvalue weighted by atomic mass is 10.0. The van der Waals surface area contributed by atoms with Crippen LogP contribution in [-0.2, 0) is 14.6 Å². The Labute approximate surface area is 189 Å². The smallest absolute Gasteiger partial charge is 0.246 e. The third kappa shape index (κ3) is 5.29. The number of piperazine rings is 1. The summed E-state index contributed by atoms with van der Waals surface area (Å²) >= 11 is 6.23. The van der Waals surface area contributed by atoms with E-state index in [-0.39, 0.29) is 23.5 Å². The monoisotopic (exact) mass is 461 g/mol. The second-order valence-corrected chi connectivity index (χ2v) is 11.0. The molecule has 2 heterocycles. The first-order valence-corrected chi connectivity index (χ1v) is 12.8. The summed E-state index contributed by atoms with van der Waals surface area (Å²) in [5.41, 5.74) is 2.58. The summed E-state index contributed by atoms with van der Waals surface area (Å²) in [6, 6.07) is 15.0. The van der Waals surface area contributed by atoms with Crippen LogP contribution in [0, 0.1) is 6.92 Å². The van der Waals surface area contributed by atoms with E-state index in [9.17, 15) is 13.2 Å². The Morgan fingerprint density at radius 3 is 2.42 bits per heavy atom. The van der Waals surface area contributed by atoms with Crippen molar-refractivity contribution in [3.05, 3.63) is 64.7 Å². The number of hydrogen-bond donors (Lipinski definition) is 1. The minimum atomic E-state index is -2.90. The zero-order valence-electron chi connectivity index (χ0n) is 17.6. The molecule has 2 aromatic carbocycles. The van der Waals surface area contributed by atoms with Crippen molar-refractivity contribution in [3.8, 4) is 0 Å². The van der Waals surface area contributed by atoms with Gasteiger partial charge in [0, 0.05) is 42.9 Å². The molecule has 0 spiro atoms. The lowest BCUT2D eigenvalue weighted by Crippen LogP contribution is -2.53. The van der Waals surface area contributed by atoms with E-state index in [1.165, 1.54) is 0 Å². The Balaban J connectivity index is 1.48. The summed E-state index contributed by atoms with van der Waals surface area (Å²) in [5.74, 6) is 0.443. The van der Waals surface area contributed by atoms with Crippen molar-refractivity contribution in [1.29, 1.82) is 0 Å². The van der Waals surface area contributed by atoms with Gasteiger partial charge in [-0.2, -0.15) is 0 Å². The van der Waals surface area contributed by atoms with Crippen LogP contribution in [0.15, 0.2) is 48.5 Å². The van der Waals surface area contributed by atoms with E-state index >= 15 is 0 Å². The van der Waals surface area contributed by atoms with E-state index in [0.717, 1.165) is 24.2 Å². The zero-order valence-corrected chi connectivity index (χ0v) is 19.2. The highest BCUT2D eigenvalue weighted by atomic mass is 35.5. The Kier molecular flexibility index (Phi) is 6.67. The molecule has 4 rings (SSSR count). The molecule has 2 aliphatic rings. The van der Waals surface area contributed by atoms with Crippen LogP contribution < -0.4 is 5.32 Å². The topological polar surface area (TPSA) is 69.7 Å². The van der Waals surface area contributed by atoms with Gasteiger partial charge in [-0.15, -0.1) is 0 Å². The third-order valence-electron chi connectivity index (χ3n) is 6.24. The van der Waals surface area contributed by atoms with Crippen molar-refractivity contribution < 1.29 is 13.2 Å². The van der Waals surface area contributed by atoms with Gasteiger partial charge in [-0.05, 0) is 36.6 Å². The Morgan fingerprint density at radius 2 is 1.81 bits per heavy atom. The molecule has 2 aliphatic heterocycles. The number of carbonyl (C=O) groups excluding carboxylic acids is 1. The molecule has 0 bridgehead atoms. The molecular weight excluding hydrogens is 434 g/mol. The van der Waals surface area contributed by atoms with E-state index in [0.29, 0.717) is 30.2 Å². The molecule has 1 N–H and O–H groups in total. The Morgan fingerprint density at radius 1 is 1.10 bits per heavy atom. The summed E-state index contributed by atoms with van der Waals surface area (Å²) < 4.78 is 23.7. The van der Waals surface area contributed by atoms with Gasteiger partial charge in [0.25, 0.3) is 0 Å². The van der Waals surface area contributed by atoms with E-state index in [4.69, 9.17) is 11.6 Å². The lowest BCUT2D eigenvalue weighted by Gasteiger charge is -2.40. The van der Waals surface area contributed by atoms with Gasteiger partial charge in [-0.1, -0.05) is 48.0 Å². The maximum atomic E-state index is 13.3. The molecule has 0 unspecified atom stereocenters. The number of carbonyl (C=O) groups is 1. The number of halogens is 1. The van der Waals surface area contributed by atoms with Crippen molar-refractivity contribution >= 4 is 33.0 Å². The molecule has 6 nitrogen and oxygen atoms in total. The highest BCUT2D eigenvalue weighted by Crippen LogP contribution is 2.27. The number of anilines is 1. The average molecular weight is 462 g/mol. The fraction of sp³-hybridized carbons (Fsp3) is 0.435. The molecule has 0 aromatic heterocycles. The Hall–Kier alpha value is -1.93. The van der Waals surface area contributed by atoms with Crippen LogP contribution in [0.2, 0.25) is 5.02 Å². The second-order valence-electron chi connectivity index (χ2n) is 8.40. The van der Waals surface area contributed by atoms with Crippen LogP contribution in [0.4, 0.5) is 5.69 Å². The van der Waals surface area contributed by atoms with E-state index in [2.05, 4.69) is 15.1 Å². The van der Waals surface area contributed by atoms with Crippen molar-refractivity contribution in [2.45, 2.75) is 25.4 Å². The van der Waals surface area contributed by atoms with Crippen LogP contribution in [0.1, 0.15) is 23.6 Å². The summed E-state index contributed by atoms with van der Waals surface area (Å²) in [6.45, 7) is 4.85. The quantitative estimate of drug-likeness (QED) is 0.740. The standard InChI is InChI=1S/C23H28ClN3O3S/c1-17-7-8-19(15-21(17)24)25-23(28)22(18-5-3-2-4-6-18)27-12-10-26(11-13-27)20-9-14-31(29,30)16-20/h2-8,15,20,22H,9-14,16H2,1H3,(H,25,28)/t20-,22-/m0/s1. The molecule has 8 heteroatoms. The van der Waals surface area contributed by atoms with Gasteiger partial charge < -0.3 is 5.32 Å². The van der Waals surface area contributed by atoms with Crippen LogP contribution in [0.25, 0.3) is 0 Å². The van der Waals surface area contributed by atoms with Crippen LogP contribution in [0.3, 0.4) is 0 Å². The van der Waals surface area contributed by atoms with Gasteiger partial charge in [0.05, 0.1) is 11.5 Å². The number of nitrogens with one attached hydrogen (secondary N) is 1. The van der Waals surface area contributed by atoms with Crippen molar-refractivity contribution in [2.75, 3.05) is 43.0 Å². The molecule has 2 aromatic rings. The largest absolute Gasteiger partial charge is 0.324 e. The third-order valence-corrected chi connectivity index (χ3v) is 8.40. The zero-order chi connectivity index (χ0) is 22.0. The lowest BCUT2D eigenvalue weighted by molar-refractivity contribution is -0.122. The fourth-order valence-electron chi connectivity index (χ4n) is 4.47. The van der Waals surface area contributed by atoms with Gasteiger partial charge in [0.2, 0.25) is 5.91 Å². The van der Waals surface area contributed by atoms with Gasteiger partial charge in [0.15, 0.2) is 9.84 Å². The predicted molar refractivity (Wildman–Crippen MR) is 124 cm³/mol. The highest BCUT2D eigenvalue weighted by Gasteiger charge is 2.36. The maximum Gasteiger partial charge on any atom is 0.246 e. The summed E-state index contributed by atoms with van der Waals surface area (Å²) in [6.07, 6.45) is 0.707. The van der Waals surface area contributed by atoms with Crippen molar-refractivity contribution in [2.24, 2.45) is 0 Å². The number of amides is 1. The minimum absolute atomic E-state index is 0.0944. The van der Waals surface area contributed by atoms with Crippen LogP contribution in [0.5, 0.6) is 0 Å². The molecule has 2 fully saturated rings. The molecule has 0 aliphatic carbocycles. The Bertz CT molecular complexity index is 1040. The summed E-state index contributed by atoms with van der Waals surface area (Å²) in [5, 5.41) is 3.64. The molecular formula is C23H28ClN3O3S. The average Bonchev–Trinajstić information content (AvgIpc) is 3.12. The summed E-state index contributed by atoms with van der Waals surface area (Å²) in [7, 11) is -2.90. The number of sulfone groups is 1. The second kappa shape index (κ2) is 9.28. The molecule has 0 saturated carbocycles. The van der Waals surface area contributed by atoms with Gasteiger partial charge in [0.1, 0.15) is 6.04 Å². The van der Waals surface area contributed by atoms with Gasteiger partial charge in [-0.25, -0.2) is 8.42 Å². The van der Waals surface area contributed by atoms with Gasteiger partial charge in [-0.3, -0.25) is 14.6 Å². The molecule has 0 radical (unpaired) electrons. The number of aryl methyl sites for hydroxylation is 1. The number of hydrogen-bond acceptors (Lipinski definition) is 5. The molecule has 2 saturated heterocycles. The fourth-order valence-corrected chi connectivity index (χ4v) is 6.41. The van der Waals surface area contributed by atoms with Crippen molar-refractivity contribution in [1.82, 2.24) is 9.80 Å². The maximum absolute atomic E-state index is 13.3. The van der Waals surface area contributed by atoms with Crippen molar-refractivity contribution in [3.63, 3.8) is 0 Å². The van der Waals surface area contributed by atoms with E-state index < -0.39 is 15.9 Å². The normalized spacial score (nSPS) is 22.8. The van der Waals surface area contributed by atoms with Gasteiger partial charge >= 0.3 is 0 Å². The number of rotatable bonds is 5. The number of benzene rings is 2. The first kappa shape index (κ1) is 22.3. The summed E-state index contributed by atoms with van der Waals surface area (Å²) in [4.78, 5) is 17.8. The van der Waals surface area contributed by atoms with Crippen LogP contribution in [-0.4, -0.2) is 67.9 Å². The SMILES string of the molecule is Cc1ccc(NC(=O)[C@H](c2ccccc2)N2CCN([C@H]3CCS(=O)(=O)C3)CC2)cc1Cl. The molecule has 2 atom stereocenters. The first-order valence-electron chi connectivity index (χ1n) is 10.6. The molecule has 31 heavy (non-hydrogen) atoms. The molecule has 1 amide bonds. The minimum Gasteiger partial charge on any atom is -0.324 e. The van der Waals surface area contributed by atoms with E-state index in [1.54, 1.807) is 6.07 Å². The first-order chi connectivity index (χ1) is 14.8.